The van der Waals surface area contributed by atoms with Gasteiger partial charge in [-0.15, -0.1) is 83.9 Å². The van der Waals surface area contributed by atoms with E-state index < -0.39 is 5.41 Å². The molecule has 1 fully saturated rings. The second-order valence-corrected chi connectivity index (χ2v) is 20.3. The summed E-state index contributed by atoms with van der Waals surface area (Å²) >= 11 is 0. The van der Waals surface area contributed by atoms with Gasteiger partial charge in [0, 0.05) is 29.8 Å². The predicted molar refractivity (Wildman–Crippen MR) is 303 cm³/mol. The molecule has 358 valence electrons. The van der Waals surface area contributed by atoms with E-state index in [1.165, 1.54) is 65.7 Å². The van der Waals surface area contributed by atoms with Gasteiger partial charge >= 0.3 is 20.1 Å². The number of nitrogens with zero attached hydrogens (tertiary/aromatic N) is 3. The van der Waals surface area contributed by atoms with Crippen molar-refractivity contribution in [1.82, 2.24) is 15.0 Å². The van der Waals surface area contributed by atoms with E-state index in [9.17, 15) is 0 Å². The third-order valence-corrected chi connectivity index (χ3v) is 15.9. The maximum Gasteiger partial charge on any atom is 3.00 e. The van der Waals surface area contributed by atoms with E-state index in [0.29, 0.717) is 17.8 Å². The van der Waals surface area contributed by atoms with Gasteiger partial charge in [-0.1, -0.05) is 145 Å². The Labute approximate surface area is 452 Å². The number of benzene rings is 8. The van der Waals surface area contributed by atoms with E-state index in [1.807, 2.05) is 48.8 Å². The SMILES string of the molecule is [C-]1=CC2C3C=CC1(c1cc(-c4ccc5c6ccccc6c6ccccc6c5c4)c(-c4ccccc4-c4cc(CCc5ccc(-c6[c-]cccc6)nc5)cc(CCc5ccc(-c6[c-]cccc6)nc5)c4)cn1)C=CC23.[Ir+3]. The first-order valence-corrected chi connectivity index (χ1v) is 26.0. The molecule has 4 aliphatic carbocycles. The third kappa shape index (κ3) is 8.78. The molecule has 8 aromatic carbocycles. The van der Waals surface area contributed by atoms with E-state index in [4.69, 9.17) is 15.0 Å². The normalized spacial score (nSPS) is 18.0. The fraction of sp³-hybridized carbons (Fsp3) is 0.113. The van der Waals surface area contributed by atoms with Crippen LogP contribution in [0.15, 0.2) is 237 Å². The van der Waals surface area contributed by atoms with Crippen LogP contribution in [0.3, 0.4) is 0 Å². The van der Waals surface area contributed by atoms with Gasteiger partial charge in [-0.2, -0.15) is 0 Å². The predicted octanol–water partition coefficient (Wildman–Crippen LogP) is 16.4. The van der Waals surface area contributed by atoms with E-state index in [1.54, 1.807) is 0 Å². The summed E-state index contributed by atoms with van der Waals surface area (Å²) in [5.74, 6) is 1.65. The largest absolute Gasteiger partial charge is 3.00 e. The summed E-state index contributed by atoms with van der Waals surface area (Å²) in [5.41, 5.74) is 16.3. The van der Waals surface area contributed by atoms with Crippen LogP contribution in [0, 0.1) is 36.0 Å². The molecule has 3 aromatic heterocycles. The van der Waals surface area contributed by atoms with Crippen molar-refractivity contribution < 1.29 is 20.1 Å². The fourth-order valence-corrected chi connectivity index (χ4v) is 11.8. The molecule has 3 nitrogen and oxygen atoms in total. The second kappa shape index (κ2) is 19.6. The fourth-order valence-electron chi connectivity index (χ4n) is 11.8. The molecule has 2 unspecified atom stereocenters. The number of pyridine rings is 3. The zero-order valence-corrected chi connectivity index (χ0v) is 43.6. The Bertz CT molecular complexity index is 3830. The van der Waals surface area contributed by atoms with Crippen molar-refractivity contribution in [1.29, 1.82) is 0 Å². The van der Waals surface area contributed by atoms with Crippen LogP contribution in [0.4, 0.5) is 0 Å². The molecule has 2 atom stereocenters. The number of fused-ring (bicyclic) bond motifs is 6. The Morgan fingerprint density at radius 2 is 0.920 bits per heavy atom. The molecule has 4 bridgehead atoms. The molecule has 0 saturated heterocycles. The summed E-state index contributed by atoms with van der Waals surface area (Å²) in [6.45, 7) is 0. The van der Waals surface area contributed by atoms with Gasteiger partial charge in [0.25, 0.3) is 0 Å². The second-order valence-electron chi connectivity index (χ2n) is 20.3. The standard InChI is InChI=1S/C71H50N3.Ir/c1-3-13-51(14-4-1)68-31-27-47(44-72-68)23-25-49-39-50(26-24-48-28-32-69(73-45-48)52-15-5-2-6-16-52)41-54(40-49)55-17-7-8-18-56(55)67-46-74-70(71-36-33-62-63(34-37-71)64(62)35-38-71)43-65(67)53-29-30-61-59-21-10-9-19-57(59)58-20-11-12-22-60(58)66(61)42-53;/h1-13,15,17-22,27-37,39-46,62-64H,23-26H2;/q-3;+3. The summed E-state index contributed by atoms with van der Waals surface area (Å²) in [5, 5.41) is 7.58. The van der Waals surface area contributed by atoms with Crippen LogP contribution in [0.5, 0.6) is 0 Å². The molecule has 0 radical (unpaired) electrons. The Hall–Kier alpha value is -8.14. The van der Waals surface area contributed by atoms with Gasteiger partial charge in [-0.05, 0) is 149 Å². The van der Waals surface area contributed by atoms with Gasteiger partial charge in [0.1, 0.15) is 0 Å². The molecule has 0 N–H and O–H groups in total. The molecule has 3 heterocycles. The molecule has 0 spiro atoms. The summed E-state index contributed by atoms with van der Waals surface area (Å²) in [6.07, 6.45) is 25.4. The maximum atomic E-state index is 5.42. The average Bonchev–Trinajstić information content (AvgIpc) is 4.29. The van der Waals surface area contributed by atoms with Crippen molar-refractivity contribution in [2.45, 2.75) is 31.1 Å². The first-order valence-electron chi connectivity index (χ1n) is 26.0. The number of rotatable bonds is 12. The van der Waals surface area contributed by atoms with E-state index in [-0.39, 0.29) is 20.1 Å². The average molecular weight is 1140 g/mol. The van der Waals surface area contributed by atoms with E-state index in [2.05, 4.69) is 206 Å². The van der Waals surface area contributed by atoms with Gasteiger partial charge in [0.15, 0.2) is 0 Å². The van der Waals surface area contributed by atoms with Crippen LogP contribution < -0.4 is 0 Å². The van der Waals surface area contributed by atoms with Crippen LogP contribution in [0.25, 0.3) is 88.2 Å². The van der Waals surface area contributed by atoms with Crippen LogP contribution in [-0.2, 0) is 51.2 Å². The number of aromatic nitrogens is 3. The molecule has 75 heavy (non-hydrogen) atoms. The van der Waals surface area contributed by atoms with Crippen molar-refractivity contribution >= 4 is 32.3 Å². The Kier molecular flexibility index (Phi) is 12.2. The van der Waals surface area contributed by atoms with Crippen molar-refractivity contribution in [2.75, 3.05) is 0 Å². The monoisotopic (exact) mass is 1140 g/mol. The molecule has 11 aromatic rings. The topological polar surface area (TPSA) is 38.7 Å². The molecular weight excluding hydrogens is 1090 g/mol. The summed E-state index contributed by atoms with van der Waals surface area (Å²) < 4.78 is 0. The smallest absolute Gasteiger partial charge is 0.480 e. The molecule has 4 aliphatic rings. The minimum atomic E-state index is -0.528. The first kappa shape index (κ1) is 46.6. The maximum absolute atomic E-state index is 5.42. The first-order chi connectivity index (χ1) is 36.6. The van der Waals surface area contributed by atoms with Crippen molar-refractivity contribution in [2.24, 2.45) is 17.8 Å². The van der Waals surface area contributed by atoms with Crippen LogP contribution in [0.1, 0.15) is 27.9 Å². The van der Waals surface area contributed by atoms with E-state index >= 15 is 0 Å². The quantitative estimate of drug-likeness (QED) is 0.0695. The third-order valence-electron chi connectivity index (χ3n) is 15.9. The minimum absolute atomic E-state index is 0. The zero-order chi connectivity index (χ0) is 49.0. The van der Waals surface area contributed by atoms with Gasteiger partial charge in [-0.3, -0.25) is 11.1 Å². The molecular formula is C71H50IrN3. The van der Waals surface area contributed by atoms with Crippen molar-refractivity contribution in [3.05, 3.63) is 283 Å². The number of aryl methyl sites for hydroxylation is 4. The van der Waals surface area contributed by atoms with Crippen LogP contribution in [-0.4, -0.2) is 15.0 Å². The summed E-state index contributed by atoms with van der Waals surface area (Å²) in [4.78, 5) is 15.1. The number of allylic oxidation sites excluding steroid dienone is 6. The van der Waals surface area contributed by atoms with Crippen molar-refractivity contribution in [3.8, 4) is 55.9 Å². The Balaban J connectivity index is 0.00000541. The molecule has 4 heteroatoms. The molecule has 15 rings (SSSR count). The Morgan fingerprint density at radius 1 is 0.387 bits per heavy atom. The number of hydrogen-bond acceptors (Lipinski definition) is 3. The van der Waals surface area contributed by atoms with E-state index in [0.717, 1.165) is 76.1 Å². The van der Waals surface area contributed by atoms with Gasteiger partial charge < -0.3 is 16.0 Å². The molecule has 0 aliphatic heterocycles. The number of hydrogen-bond donors (Lipinski definition) is 0. The van der Waals surface area contributed by atoms with Gasteiger partial charge in [-0.25, -0.2) is 0 Å². The summed E-state index contributed by atoms with van der Waals surface area (Å²) in [7, 11) is 0. The minimum Gasteiger partial charge on any atom is -0.480 e. The molecule has 1 saturated carbocycles. The van der Waals surface area contributed by atoms with Gasteiger partial charge in [0.2, 0.25) is 0 Å². The Morgan fingerprint density at radius 3 is 1.48 bits per heavy atom. The van der Waals surface area contributed by atoms with Gasteiger partial charge in [0.05, 0.1) is 0 Å². The molecule has 0 amide bonds. The zero-order valence-electron chi connectivity index (χ0n) is 41.3. The van der Waals surface area contributed by atoms with Crippen LogP contribution in [0.2, 0.25) is 0 Å². The summed E-state index contributed by atoms with van der Waals surface area (Å²) in [6, 6.07) is 74.7. The van der Waals surface area contributed by atoms with Crippen molar-refractivity contribution in [3.63, 3.8) is 0 Å². The van der Waals surface area contributed by atoms with Crippen LogP contribution >= 0.6 is 0 Å².